The lowest BCUT2D eigenvalue weighted by molar-refractivity contribution is -0.140. The van der Waals surface area contributed by atoms with E-state index in [4.69, 9.17) is 4.74 Å². The molecule has 0 spiro atoms. The van der Waals surface area contributed by atoms with Crippen molar-refractivity contribution in [2.24, 2.45) is 5.92 Å². The first-order valence-corrected chi connectivity index (χ1v) is 11.3. The summed E-state index contributed by atoms with van der Waals surface area (Å²) in [6.07, 6.45) is 6.23. The smallest absolute Gasteiger partial charge is 0.270 e. The predicted octanol–water partition coefficient (Wildman–Crippen LogP) is 1.40. The van der Waals surface area contributed by atoms with Gasteiger partial charge in [-0.2, -0.15) is 9.61 Å². The highest BCUT2D eigenvalue weighted by Gasteiger charge is 2.33. The molecule has 2 fully saturated rings. The Morgan fingerprint density at radius 1 is 1.36 bits per heavy atom. The average Bonchev–Trinajstić information content (AvgIpc) is 3.44. The summed E-state index contributed by atoms with van der Waals surface area (Å²) in [5.74, 6) is -1.19. The number of hydrogen-bond acceptors (Lipinski definition) is 6. The lowest BCUT2D eigenvalue weighted by Gasteiger charge is -2.41. The van der Waals surface area contributed by atoms with Crippen molar-refractivity contribution in [1.82, 2.24) is 24.4 Å². The van der Waals surface area contributed by atoms with Crippen LogP contribution in [0.2, 0.25) is 0 Å². The fourth-order valence-corrected chi connectivity index (χ4v) is 4.07. The number of nitrogens with one attached hydrogen (secondary N) is 1. The van der Waals surface area contributed by atoms with E-state index in [1.807, 2.05) is 27.7 Å². The maximum absolute atomic E-state index is 13.3. The van der Waals surface area contributed by atoms with Crippen LogP contribution in [0.1, 0.15) is 56.5 Å². The third-order valence-corrected chi connectivity index (χ3v) is 5.91. The molecule has 10 nitrogen and oxygen atoms in total. The predicted molar refractivity (Wildman–Crippen MR) is 122 cm³/mol. The molecule has 2 amide bonds. The van der Waals surface area contributed by atoms with Crippen molar-refractivity contribution in [3.05, 3.63) is 33.8 Å². The first kappa shape index (κ1) is 23.0. The zero-order valence-electron chi connectivity index (χ0n) is 19.5. The standard InChI is InChI=1S/C23H31N5O5/c1-14(2)12-26-20-15(5-8-17(29)27-9-10-33-13-23(27,3)4)11-24-28(20)22(32)18(21(26)31)19(30)25-16-6-7-16/h5,8,11,14,16,32H,6-7,9-10,12-13H2,1-4H3,(H,25,30). The van der Waals surface area contributed by atoms with E-state index in [0.29, 0.717) is 37.5 Å². The maximum Gasteiger partial charge on any atom is 0.270 e. The van der Waals surface area contributed by atoms with Crippen molar-refractivity contribution in [3.8, 4) is 5.88 Å². The minimum absolute atomic E-state index is 0.0390. The maximum atomic E-state index is 13.3. The van der Waals surface area contributed by atoms with Gasteiger partial charge in [0.25, 0.3) is 11.5 Å². The summed E-state index contributed by atoms with van der Waals surface area (Å²) in [6.45, 7) is 9.54. The summed E-state index contributed by atoms with van der Waals surface area (Å²) < 4.78 is 8.12. The normalized spacial score (nSPS) is 18.4. The van der Waals surface area contributed by atoms with E-state index in [2.05, 4.69) is 10.4 Å². The molecule has 2 aromatic rings. The fourth-order valence-electron chi connectivity index (χ4n) is 4.07. The minimum Gasteiger partial charge on any atom is -0.492 e. The second kappa shape index (κ2) is 8.66. The van der Waals surface area contributed by atoms with Crippen LogP contribution in [0.5, 0.6) is 5.88 Å². The Morgan fingerprint density at radius 3 is 2.73 bits per heavy atom. The molecule has 178 valence electrons. The number of hydrogen-bond donors (Lipinski definition) is 2. The van der Waals surface area contributed by atoms with E-state index in [-0.39, 0.29) is 23.4 Å². The third-order valence-electron chi connectivity index (χ3n) is 5.91. The molecule has 0 radical (unpaired) electrons. The quantitative estimate of drug-likeness (QED) is 0.633. The van der Waals surface area contributed by atoms with Crippen molar-refractivity contribution >= 4 is 23.5 Å². The number of aromatic nitrogens is 3. The van der Waals surface area contributed by atoms with Crippen molar-refractivity contribution < 1.29 is 19.4 Å². The first-order valence-electron chi connectivity index (χ1n) is 11.3. The average molecular weight is 458 g/mol. The van der Waals surface area contributed by atoms with Gasteiger partial charge in [0, 0.05) is 30.8 Å². The first-order chi connectivity index (χ1) is 15.6. The molecule has 1 saturated carbocycles. The molecular weight excluding hydrogens is 426 g/mol. The Labute approximate surface area is 191 Å². The van der Waals surface area contributed by atoms with Crippen LogP contribution in [0.4, 0.5) is 0 Å². The van der Waals surface area contributed by atoms with Crippen LogP contribution in [-0.2, 0) is 16.1 Å². The number of carbonyl (C=O) groups excluding carboxylic acids is 2. The van der Waals surface area contributed by atoms with Gasteiger partial charge in [0.15, 0.2) is 5.56 Å². The molecule has 0 aromatic carbocycles. The SMILES string of the molecule is CC(C)Cn1c(=O)c(C(=O)NC2CC2)c(O)n2ncc(C=CC(=O)N3CCOCC3(C)C)c12. The number of fused-ring (bicyclic) bond motifs is 1. The molecule has 0 unspecified atom stereocenters. The van der Waals surface area contributed by atoms with Gasteiger partial charge < -0.3 is 20.1 Å². The lowest BCUT2D eigenvalue weighted by atomic mass is 10.0. The summed E-state index contributed by atoms with van der Waals surface area (Å²) >= 11 is 0. The van der Waals surface area contributed by atoms with Gasteiger partial charge in [0.1, 0.15) is 5.65 Å². The van der Waals surface area contributed by atoms with Gasteiger partial charge in [-0.05, 0) is 38.7 Å². The van der Waals surface area contributed by atoms with Gasteiger partial charge >= 0.3 is 0 Å². The molecular formula is C23H31N5O5. The number of rotatable bonds is 6. The zero-order valence-corrected chi connectivity index (χ0v) is 19.5. The Morgan fingerprint density at radius 2 is 2.09 bits per heavy atom. The van der Waals surface area contributed by atoms with Gasteiger partial charge in [-0.15, -0.1) is 0 Å². The van der Waals surface area contributed by atoms with Gasteiger partial charge in [-0.1, -0.05) is 13.8 Å². The fraction of sp³-hybridized carbons (Fsp3) is 0.565. The monoisotopic (exact) mass is 457 g/mol. The summed E-state index contributed by atoms with van der Waals surface area (Å²) in [6, 6.07) is 0.0390. The Kier molecular flexibility index (Phi) is 6.04. The van der Waals surface area contributed by atoms with E-state index >= 15 is 0 Å². The van der Waals surface area contributed by atoms with Crippen LogP contribution in [0, 0.1) is 5.92 Å². The zero-order chi connectivity index (χ0) is 23.9. The van der Waals surface area contributed by atoms with Crippen molar-refractivity contribution in [2.75, 3.05) is 19.8 Å². The van der Waals surface area contributed by atoms with Crippen LogP contribution in [0.15, 0.2) is 17.1 Å². The van der Waals surface area contributed by atoms with E-state index < -0.39 is 22.9 Å². The largest absolute Gasteiger partial charge is 0.492 e. The van der Waals surface area contributed by atoms with Crippen molar-refractivity contribution in [1.29, 1.82) is 0 Å². The van der Waals surface area contributed by atoms with Gasteiger partial charge in [-0.3, -0.25) is 19.0 Å². The van der Waals surface area contributed by atoms with Gasteiger partial charge in [0.05, 0.1) is 24.9 Å². The topological polar surface area (TPSA) is 118 Å². The van der Waals surface area contributed by atoms with Crippen molar-refractivity contribution in [2.45, 2.75) is 58.7 Å². The molecule has 4 rings (SSSR count). The van der Waals surface area contributed by atoms with Gasteiger partial charge in [0.2, 0.25) is 11.8 Å². The number of ether oxygens (including phenoxy) is 1. The van der Waals surface area contributed by atoms with Gasteiger partial charge in [-0.25, -0.2) is 0 Å². The molecule has 2 N–H and O–H groups in total. The Bertz CT molecular complexity index is 1170. The highest BCUT2D eigenvalue weighted by Crippen LogP contribution is 2.24. The summed E-state index contributed by atoms with van der Waals surface area (Å²) in [7, 11) is 0. The van der Waals surface area contributed by atoms with Crippen LogP contribution in [-0.4, -0.2) is 67.3 Å². The molecule has 1 aliphatic carbocycles. The van der Waals surface area contributed by atoms with E-state index in [0.717, 1.165) is 12.8 Å². The Balaban J connectivity index is 1.75. The van der Waals surface area contributed by atoms with E-state index in [9.17, 15) is 19.5 Å². The third kappa shape index (κ3) is 4.52. The van der Waals surface area contributed by atoms with Crippen LogP contribution in [0.3, 0.4) is 0 Å². The molecule has 10 heteroatoms. The number of carbonyl (C=O) groups is 2. The Hall–Kier alpha value is -3.14. The van der Waals surface area contributed by atoms with Crippen LogP contribution in [0.25, 0.3) is 11.7 Å². The molecule has 33 heavy (non-hydrogen) atoms. The molecule has 2 aromatic heterocycles. The van der Waals surface area contributed by atoms with Crippen LogP contribution < -0.4 is 10.9 Å². The van der Waals surface area contributed by atoms with Crippen molar-refractivity contribution in [3.63, 3.8) is 0 Å². The number of aromatic hydroxyl groups is 1. The van der Waals surface area contributed by atoms with E-state index in [1.54, 1.807) is 11.0 Å². The summed E-state index contributed by atoms with van der Waals surface area (Å²) in [5.41, 5.74) is -0.499. The second-order valence-corrected chi connectivity index (χ2v) is 9.78. The molecule has 1 aliphatic heterocycles. The molecule has 0 atom stereocenters. The molecule has 3 heterocycles. The number of nitrogens with zero attached hydrogens (tertiary/aromatic N) is 4. The lowest BCUT2D eigenvalue weighted by Crippen LogP contribution is -2.55. The number of morpholine rings is 1. The summed E-state index contributed by atoms with van der Waals surface area (Å²) in [4.78, 5) is 40.6. The second-order valence-electron chi connectivity index (χ2n) is 9.78. The highest BCUT2D eigenvalue weighted by atomic mass is 16.5. The highest BCUT2D eigenvalue weighted by molar-refractivity contribution is 5.97. The van der Waals surface area contributed by atoms with E-state index in [1.165, 1.54) is 21.4 Å². The van der Waals surface area contributed by atoms with Crippen LogP contribution >= 0.6 is 0 Å². The number of amides is 2. The minimum atomic E-state index is -0.600. The molecule has 0 bridgehead atoms. The molecule has 2 aliphatic rings. The molecule has 1 saturated heterocycles. The summed E-state index contributed by atoms with van der Waals surface area (Å²) in [5, 5.41) is 17.7.